The molecule has 168 valence electrons. The van der Waals surface area contributed by atoms with Crippen LogP contribution in [-0.4, -0.2) is 57.9 Å². The second-order valence-corrected chi connectivity index (χ2v) is 10.1. The number of nitrogens with one attached hydrogen (secondary N) is 2. The molecule has 3 atom stereocenters. The molecule has 3 aliphatic rings. The van der Waals surface area contributed by atoms with Gasteiger partial charge in [-0.1, -0.05) is 20.3 Å². The van der Waals surface area contributed by atoms with Gasteiger partial charge in [0.1, 0.15) is 11.4 Å². The Morgan fingerprint density at radius 3 is 2.65 bits per heavy atom. The molecule has 1 aromatic heterocycles. The van der Waals surface area contributed by atoms with Gasteiger partial charge in [-0.3, -0.25) is 14.5 Å². The molecular formula is C22H30BrN5O3. The van der Waals surface area contributed by atoms with E-state index >= 15 is 0 Å². The maximum absolute atomic E-state index is 13.4. The van der Waals surface area contributed by atoms with Crippen molar-refractivity contribution in [2.45, 2.75) is 51.5 Å². The van der Waals surface area contributed by atoms with Crippen molar-refractivity contribution in [3.8, 4) is 0 Å². The number of imide groups is 1. The predicted molar refractivity (Wildman–Crippen MR) is 120 cm³/mol. The second kappa shape index (κ2) is 8.86. The third-order valence-electron chi connectivity index (χ3n) is 7.18. The van der Waals surface area contributed by atoms with E-state index in [1.165, 1.54) is 4.90 Å². The van der Waals surface area contributed by atoms with Crippen molar-refractivity contribution in [2.24, 2.45) is 17.8 Å². The average molecular weight is 492 g/mol. The maximum atomic E-state index is 13.4. The standard InChI is InChI=1S/C22H30BrN5O3/c1-14-5-3-6-15(2)22(14)20(30)28(21(31)26-22)13-27-10-4-7-16(12-27)19(29)25-18-9-8-17(23)11-24-18/h8-9,11,14-16H,3-7,10,12-13H2,1-2H3,(H,26,31)(H,24,25,29). The van der Waals surface area contributed by atoms with Crippen molar-refractivity contribution in [2.75, 3.05) is 25.1 Å². The number of halogens is 1. The number of amides is 4. The van der Waals surface area contributed by atoms with Crippen molar-refractivity contribution in [3.63, 3.8) is 0 Å². The summed E-state index contributed by atoms with van der Waals surface area (Å²) in [5.41, 5.74) is -0.783. The molecule has 2 aliphatic heterocycles. The lowest BCUT2D eigenvalue weighted by Crippen LogP contribution is -2.59. The van der Waals surface area contributed by atoms with Gasteiger partial charge in [0.2, 0.25) is 5.91 Å². The molecule has 2 N–H and O–H groups in total. The lowest BCUT2D eigenvalue weighted by Gasteiger charge is -2.42. The quantitative estimate of drug-likeness (QED) is 0.630. The Bertz CT molecular complexity index is 851. The number of aromatic nitrogens is 1. The molecular weight excluding hydrogens is 462 g/mol. The number of anilines is 1. The van der Waals surface area contributed by atoms with E-state index in [2.05, 4.69) is 45.4 Å². The molecule has 0 aromatic carbocycles. The number of pyridine rings is 1. The van der Waals surface area contributed by atoms with Crippen molar-refractivity contribution in [3.05, 3.63) is 22.8 Å². The number of urea groups is 1. The summed E-state index contributed by atoms with van der Waals surface area (Å²) >= 11 is 3.33. The fourth-order valence-electron chi connectivity index (χ4n) is 5.36. The molecule has 1 aliphatic carbocycles. The van der Waals surface area contributed by atoms with Crippen LogP contribution >= 0.6 is 15.9 Å². The summed E-state index contributed by atoms with van der Waals surface area (Å²) in [7, 11) is 0. The van der Waals surface area contributed by atoms with Gasteiger partial charge in [-0.15, -0.1) is 0 Å². The van der Waals surface area contributed by atoms with Crippen LogP contribution in [0.4, 0.5) is 10.6 Å². The van der Waals surface area contributed by atoms with Crippen LogP contribution in [0, 0.1) is 17.8 Å². The van der Waals surface area contributed by atoms with Gasteiger partial charge in [-0.05, 0) is 72.1 Å². The Kier molecular flexibility index (Phi) is 6.35. The highest BCUT2D eigenvalue weighted by Crippen LogP contribution is 2.42. The lowest BCUT2D eigenvalue weighted by molar-refractivity contribution is -0.138. The van der Waals surface area contributed by atoms with Crippen LogP contribution in [0.1, 0.15) is 46.0 Å². The van der Waals surface area contributed by atoms with Crippen LogP contribution in [0.15, 0.2) is 22.8 Å². The maximum Gasteiger partial charge on any atom is 0.326 e. The first kappa shape index (κ1) is 22.2. The zero-order chi connectivity index (χ0) is 22.2. The third-order valence-corrected chi connectivity index (χ3v) is 7.65. The van der Waals surface area contributed by atoms with E-state index < -0.39 is 5.54 Å². The molecule has 9 heteroatoms. The van der Waals surface area contributed by atoms with Gasteiger partial charge in [0.15, 0.2) is 0 Å². The average Bonchev–Trinajstić information content (AvgIpc) is 3.00. The molecule has 1 saturated carbocycles. The molecule has 3 fully saturated rings. The number of hydrogen-bond donors (Lipinski definition) is 2. The van der Waals surface area contributed by atoms with Gasteiger partial charge in [-0.2, -0.15) is 0 Å². The van der Waals surface area contributed by atoms with Gasteiger partial charge >= 0.3 is 6.03 Å². The summed E-state index contributed by atoms with van der Waals surface area (Å²) < 4.78 is 0.849. The first-order chi connectivity index (χ1) is 14.8. The smallest absolute Gasteiger partial charge is 0.323 e. The Balaban J connectivity index is 1.40. The minimum Gasteiger partial charge on any atom is -0.323 e. The summed E-state index contributed by atoms with van der Waals surface area (Å²) in [6.45, 7) is 5.63. The fraction of sp³-hybridized carbons (Fsp3) is 0.636. The summed E-state index contributed by atoms with van der Waals surface area (Å²) in [6.07, 6.45) is 6.23. The van der Waals surface area contributed by atoms with E-state index in [4.69, 9.17) is 0 Å². The van der Waals surface area contributed by atoms with Crippen LogP contribution in [0.2, 0.25) is 0 Å². The van der Waals surface area contributed by atoms with Crippen molar-refractivity contribution in [1.29, 1.82) is 0 Å². The highest BCUT2D eigenvalue weighted by Gasteiger charge is 2.58. The number of hydrogen-bond acceptors (Lipinski definition) is 5. The van der Waals surface area contributed by atoms with Gasteiger partial charge in [0.05, 0.1) is 12.6 Å². The largest absolute Gasteiger partial charge is 0.326 e. The van der Waals surface area contributed by atoms with E-state index in [-0.39, 0.29) is 42.3 Å². The number of carbonyl (C=O) groups is 3. The van der Waals surface area contributed by atoms with Crippen LogP contribution < -0.4 is 10.6 Å². The topological polar surface area (TPSA) is 94.6 Å². The number of likely N-dealkylation sites (tertiary alicyclic amines) is 1. The Morgan fingerprint density at radius 1 is 1.23 bits per heavy atom. The summed E-state index contributed by atoms with van der Waals surface area (Å²) in [5, 5.41) is 5.92. The van der Waals surface area contributed by atoms with Crippen LogP contribution in [0.25, 0.3) is 0 Å². The monoisotopic (exact) mass is 491 g/mol. The Hall–Kier alpha value is -2.00. The summed E-state index contributed by atoms with van der Waals surface area (Å²) in [4.78, 5) is 46.5. The first-order valence-corrected chi connectivity index (χ1v) is 11.9. The molecule has 0 bridgehead atoms. The van der Waals surface area contributed by atoms with Gasteiger partial charge < -0.3 is 10.6 Å². The van der Waals surface area contributed by atoms with Crippen LogP contribution in [0.3, 0.4) is 0 Å². The van der Waals surface area contributed by atoms with E-state index in [0.29, 0.717) is 12.4 Å². The SMILES string of the molecule is CC1CCCC(C)C12NC(=O)N(CN1CCCC(C(=O)Nc3ccc(Br)cn3)C1)C2=O. The van der Waals surface area contributed by atoms with E-state index in [9.17, 15) is 14.4 Å². The Morgan fingerprint density at radius 2 is 1.97 bits per heavy atom. The van der Waals surface area contributed by atoms with Gasteiger partial charge in [0, 0.05) is 17.2 Å². The third kappa shape index (κ3) is 4.22. The second-order valence-electron chi connectivity index (χ2n) is 9.17. The molecule has 4 rings (SSSR count). The van der Waals surface area contributed by atoms with Crippen molar-refractivity contribution in [1.82, 2.24) is 20.1 Å². The summed E-state index contributed by atoms with van der Waals surface area (Å²) in [5.74, 6) is 0.362. The zero-order valence-corrected chi connectivity index (χ0v) is 19.7. The lowest BCUT2D eigenvalue weighted by atomic mass is 9.67. The molecule has 8 nitrogen and oxygen atoms in total. The van der Waals surface area contributed by atoms with Crippen LogP contribution in [-0.2, 0) is 9.59 Å². The number of piperidine rings is 1. The summed E-state index contributed by atoms with van der Waals surface area (Å²) in [6, 6.07) is 3.27. The fourth-order valence-corrected chi connectivity index (χ4v) is 5.59. The van der Waals surface area contributed by atoms with Gasteiger partial charge in [0.25, 0.3) is 5.91 Å². The molecule has 1 aromatic rings. The van der Waals surface area contributed by atoms with E-state index in [0.717, 1.165) is 43.1 Å². The molecule has 4 amide bonds. The van der Waals surface area contributed by atoms with Crippen molar-refractivity contribution >= 4 is 39.6 Å². The molecule has 0 radical (unpaired) electrons. The van der Waals surface area contributed by atoms with E-state index in [1.54, 1.807) is 12.3 Å². The minimum atomic E-state index is -0.783. The predicted octanol–water partition coefficient (Wildman–Crippen LogP) is 3.20. The zero-order valence-electron chi connectivity index (χ0n) is 18.1. The minimum absolute atomic E-state index is 0.0808. The van der Waals surface area contributed by atoms with Crippen LogP contribution in [0.5, 0.6) is 0 Å². The van der Waals surface area contributed by atoms with E-state index in [1.807, 2.05) is 11.0 Å². The Labute approximate surface area is 191 Å². The van der Waals surface area contributed by atoms with Crippen molar-refractivity contribution < 1.29 is 14.4 Å². The highest BCUT2D eigenvalue weighted by molar-refractivity contribution is 9.10. The molecule has 31 heavy (non-hydrogen) atoms. The molecule has 3 heterocycles. The normalized spacial score (nSPS) is 31.7. The van der Waals surface area contributed by atoms with Gasteiger partial charge in [-0.25, -0.2) is 14.7 Å². The number of rotatable bonds is 4. The first-order valence-electron chi connectivity index (χ1n) is 11.1. The highest BCUT2D eigenvalue weighted by atomic mass is 79.9. The number of nitrogens with zero attached hydrogens (tertiary/aromatic N) is 3. The number of carbonyl (C=O) groups excluding carboxylic acids is 3. The molecule has 1 spiro atoms. The molecule has 2 saturated heterocycles. The molecule has 3 unspecified atom stereocenters.